The number of hydrogen-bond acceptors (Lipinski definition) is 3. The third-order valence-electron chi connectivity index (χ3n) is 12.2. The van der Waals surface area contributed by atoms with Gasteiger partial charge in [0.1, 0.15) is 4.83 Å². The van der Waals surface area contributed by atoms with Crippen LogP contribution in [0.15, 0.2) is 176 Å². The zero-order chi connectivity index (χ0) is 35.8. The van der Waals surface area contributed by atoms with E-state index < -0.39 is 0 Å². The first kappa shape index (κ1) is 29.6. The Morgan fingerprint density at radius 3 is 1.76 bits per heavy atom. The van der Waals surface area contributed by atoms with Crippen LogP contribution in [0.1, 0.15) is 22.3 Å². The van der Waals surface area contributed by atoms with Gasteiger partial charge in [-0.1, -0.05) is 146 Å². The van der Waals surface area contributed by atoms with Crippen molar-refractivity contribution in [2.75, 3.05) is 0 Å². The molecular formula is C51H29N3S. The van der Waals surface area contributed by atoms with Crippen molar-refractivity contribution in [2.45, 2.75) is 5.41 Å². The monoisotopic (exact) mass is 715 g/mol. The lowest BCUT2D eigenvalue weighted by Gasteiger charge is -2.30. The van der Waals surface area contributed by atoms with Gasteiger partial charge in [0.15, 0.2) is 0 Å². The minimum Gasteiger partial charge on any atom is -0.278 e. The van der Waals surface area contributed by atoms with Crippen molar-refractivity contribution in [2.24, 2.45) is 0 Å². The third-order valence-corrected chi connectivity index (χ3v) is 13.3. The molecule has 0 fully saturated rings. The van der Waals surface area contributed by atoms with Crippen LogP contribution in [0.4, 0.5) is 0 Å². The van der Waals surface area contributed by atoms with E-state index in [0.717, 1.165) is 32.5 Å². The predicted molar refractivity (Wildman–Crippen MR) is 228 cm³/mol. The number of benzene rings is 8. The summed E-state index contributed by atoms with van der Waals surface area (Å²) in [4.78, 5) is 12.0. The van der Waals surface area contributed by atoms with E-state index in [1.807, 2.05) is 0 Å². The number of hydrogen-bond donors (Lipinski definition) is 0. The molecule has 0 atom stereocenters. The first-order chi connectivity index (χ1) is 27.3. The fraction of sp³-hybridized carbons (Fsp3) is 0.0196. The minimum absolute atomic E-state index is 0.384. The number of fused-ring (bicyclic) bond motifs is 17. The predicted octanol–water partition coefficient (Wildman–Crippen LogP) is 13.1. The van der Waals surface area contributed by atoms with Crippen LogP contribution in [-0.2, 0) is 5.41 Å². The number of nitrogens with zero attached hydrogens (tertiary/aromatic N) is 3. The normalized spacial score (nSPS) is 13.6. The van der Waals surface area contributed by atoms with Crippen molar-refractivity contribution >= 4 is 64.2 Å². The van der Waals surface area contributed by atoms with Crippen molar-refractivity contribution in [3.8, 4) is 39.5 Å². The fourth-order valence-corrected chi connectivity index (χ4v) is 11.1. The lowest BCUT2D eigenvalue weighted by molar-refractivity contribution is 0.794. The maximum absolute atomic E-state index is 5.62. The molecule has 0 aliphatic heterocycles. The van der Waals surface area contributed by atoms with Crippen molar-refractivity contribution in [1.29, 1.82) is 0 Å². The SMILES string of the molecule is c1ccc2c(c1)-c1ccccc1C21c2ccccc2-c2cc(-c3nc(-n4c5ccccc5c5cc6ccccc6cc54)nc4sc5ccccc5c34)ccc21. The van der Waals surface area contributed by atoms with E-state index in [1.165, 1.54) is 76.1 Å². The van der Waals surface area contributed by atoms with Gasteiger partial charge in [-0.3, -0.25) is 4.57 Å². The first-order valence-electron chi connectivity index (χ1n) is 18.8. The van der Waals surface area contributed by atoms with Gasteiger partial charge in [0.2, 0.25) is 5.95 Å². The Bertz CT molecular complexity index is 3410. The largest absolute Gasteiger partial charge is 0.278 e. The van der Waals surface area contributed by atoms with Gasteiger partial charge in [0.05, 0.1) is 22.1 Å². The number of aromatic nitrogens is 3. The molecule has 2 aliphatic rings. The highest BCUT2D eigenvalue weighted by Gasteiger charge is 2.51. The Morgan fingerprint density at radius 2 is 1.02 bits per heavy atom. The van der Waals surface area contributed by atoms with Crippen molar-refractivity contribution in [3.63, 3.8) is 0 Å². The van der Waals surface area contributed by atoms with Crippen LogP contribution >= 0.6 is 11.3 Å². The molecule has 254 valence electrons. The van der Waals surface area contributed by atoms with E-state index in [-0.39, 0.29) is 5.41 Å². The molecule has 1 spiro atoms. The van der Waals surface area contributed by atoms with Crippen LogP contribution in [-0.4, -0.2) is 14.5 Å². The number of rotatable bonds is 2. The van der Waals surface area contributed by atoms with Gasteiger partial charge in [-0.2, -0.15) is 0 Å². The second kappa shape index (κ2) is 10.6. The molecule has 0 amide bonds. The van der Waals surface area contributed by atoms with Crippen molar-refractivity contribution in [1.82, 2.24) is 14.5 Å². The number of para-hydroxylation sites is 1. The summed E-state index contributed by atoms with van der Waals surface area (Å²) in [7, 11) is 0. The summed E-state index contributed by atoms with van der Waals surface area (Å²) in [5, 5.41) is 7.11. The van der Waals surface area contributed by atoms with Crippen LogP contribution in [0.3, 0.4) is 0 Å². The molecule has 55 heavy (non-hydrogen) atoms. The first-order valence-corrected chi connectivity index (χ1v) is 19.6. The summed E-state index contributed by atoms with van der Waals surface area (Å²) in [6, 6.07) is 64.6. The molecule has 0 saturated carbocycles. The summed E-state index contributed by atoms with van der Waals surface area (Å²) >= 11 is 1.74. The highest BCUT2D eigenvalue weighted by molar-refractivity contribution is 7.25. The highest BCUT2D eigenvalue weighted by atomic mass is 32.1. The highest BCUT2D eigenvalue weighted by Crippen LogP contribution is 2.63. The van der Waals surface area contributed by atoms with Crippen molar-refractivity contribution < 1.29 is 0 Å². The molecule has 8 aromatic carbocycles. The van der Waals surface area contributed by atoms with Gasteiger partial charge in [0.25, 0.3) is 0 Å². The quantitative estimate of drug-likeness (QED) is 0.178. The lowest BCUT2D eigenvalue weighted by Crippen LogP contribution is -2.25. The standard InChI is InChI=1S/C51H29N3S/c1-2-14-31-29-45-39(27-30(31)13-1)36-18-6-11-23-44(36)54(45)50-52-48(47-37-19-7-12-24-46(37)55-49(47)53-50)32-25-26-43-38(28-32)35-17-5-10-22-42(35)51(43)40-20-8-3-15-33(40)34-16-4-9-21-41(34)51/h1-29H. The summed E-state index contributed by atoms with van der Waals surface area (Å²) in [5.74, 6) is 0.687. The Hall–Kier alpha value is -6.88. The molecule has 2 aliphatic carbocycles. The lowest BCUT2D eigenvalue weighted by atomic mass is 9.70. The Morgan fingerprint density at radius 1 is 0.436 bits per heavy atom. The van der Waals surface area contributed by atoms with Gasteiger partial charge < -0.3 is 0 Å². The smallest absolute Gasteiger partial charge is 0.236 e. The van der Waals surface area contributed by atoms with Crippen LogP contribution in [0.2, 0.25) is 0 Å². The minimum atomic E-state index is -0.384. The van der Waals surface area contributed by atoms with Gasteiger partial charge in [-0.25, -0.2) is 9.97 Å². The van der Waals surface area contributed by atoms with Crippen molar-refractivity contribution in [3.05, 3.63) is 198 Å². The topological polar surface area (TPSA) is 30.7 Å². The van der Waals surface area contributed by atoms with Crippen LogP contribution in [0, 0.1) is 0 Å². The van der Waals surface area contributed by atoms with Gasteiger partial charge >= 0.3 is 0 Å². The van der Waals surface area contributed by atoms with Crippen LogP contribution in [0.5, 0.6) is 0 Å². The zero-order valence-electron chi connectivity index (χ0n) is 29.5. The Labute approximate surface area is 320 Å². The molecule has 4 heteroatoms. The van der Waals surface area contributed by atoms with E-state index in [1.54, 1.807) is 11.3 Å². The molecular weight excluding hydrogens is 687 g/mol. The molecule has 0 saturated heterocycles. The Balaban J connectivity index is 1.12. The molecule has 3 heterocycles. The molecule has 0 radical (unpaired) electrons. The number of thiophene rings is 1. The van der Waals surface area contributed by atoms with E-state index in [9.17, 15) is 0 Å². The van der Waals surface area contributed by atoms with Gasteiger partial charge in [0, 0.05) is 31.8 Å². The molecule has 13 rings (SSSR count). The van der Waals surface area contributed by atoms with E-state index in [2.05, 4.69) is 180 Å². The van der Waals surface area contributed by atoms with Crippen LogP contribution < -0.4 is 0 Å². The molecule has 11 aromatic rings. The maximum atomic E-state index is 5.62. The van der Waals surface area contributed by atoms with E-state index in [4.69, 9.17) is 9.97 Å². The summed E-state index contributed by atoms with van der Waals surface area (Å²) < 4.78 is 3.48. The zero-order valence-corrected chi connectivity index (χ0v) is 30.3. The van der Waals surface area contributed by atoms with Crippen LogP contribution in [0.25, 0.3) is 92.3 Å². The second-order valence-corrected chi connectivity index (χ2v) is 15.9. The Kier molecular flexibility index (Phi) is 5.71. The molecule has 0 bridgehead atoms. The average molecular weight is 716 g/mol. The fourth-order valence-electron chi connectivity index (χ4n) is 10.0. The summed E-state index contributed by atoms with van der Waals surface area (Å²) in [6.45, 7) is 0. The maximum Gasteiger partial charge on any atom is 0.236 e. The van der Waals surface area contributed by atoms with E-state index >= 15 is 0 Å². The molecule has 3 nitrogen and oxygen atoms in total. The second-order valence-electron chi connectivity index (χ2n) is 14.9. The van der Waals surface area contributed by atoms with Gasteiger partial charge in [-0.15, -0.1) is 11.3 Å². The molecule has 3 aromatic heterocycles. The third kappa shape index (κ3) is 3.74. The summed E-state index contributed by atoms with van der Waals surface area (Å²) in [6.07, 6.45) is 0. The molecule has 0 N–H and O–H groups in total. The molecule has 0 unspecified atom stereocenters. The van der Waals surface area contributed by atoms with E-state index in [0.29, 0.717) is 5.95 Å². The summed E-state index contributed by atoms with van der Waals surface area (Å²) in [5.41, 5.74) is 14.4. The van der Waals surface area contributed by atoms with Gasteiger partial charge in [-0.05, 0) is 85.6 Å². The average Bonchev–Trinajstić information content (AvgIpc) is 3.96.